The summed E-state index contributed by atoms with van der Waals surface area (Å²) in [6, 6.07) is 2.54. The third-order valence-electron chi connectivity index (χ3n) is 3.16. The van der Waals surface area contributed by atoms with Crippen LogP contribution in [0.25, 0.3) is 0 Å². The molecule has 1 saturated heterocycles. The number of rotatable bonds is 3. The van der Waals surface area contributed by atoms with E-state index in [1.807, 2.05) is 11.8 Å². The number of β-amino-alcohol motifs (C(OH)–C–C–N with tert-alkyl or cyclic N) is 1. The van der Waals surface area contributed by atoms with Gasteiger partial charge in [-0.05, 0) is 6.42 Å². The van der Waals surface area contributed by atoms with E-state index < -0.39 is 10.5 Å². The average Bonchev–Trinajstić information content (AvgIpc) is 2.25. The third kappa shape index (κ3) is 2.25. The predicted octanol–water partition coefficient (Wildman–Crippen LogP) is 2.86. The maximum Gasteiger partial charge on any atom is 0.272 e. The zero-order valence-electron chi connectivity index (χ0n) is 9.69. The zero-order valence-corrected chi connectivity index (χ0v) is 11.2. The normalized spacial score (nSPS) is 17.4. The van der Waals surface area contributed by atoms with Crippen LogP contribution in [0.3, 0.4) is 0 Å². The Morgan fingerprint density at radius 3 is 2.33 bits per heavy atom. The van der Waals surface area contributed by atoms with E-state index in [0.29, 0.717) is 25.2 Å². The predicted molar refractivity (Wildman–Crippen MR) is 70.6 cm³/mol. The van der Waals surface area contributed by atoms with E-state index in [0.717, 1.165) is 0 Å². The summed E-state index contributed by atoms with van der Waals surface area (Å²) in [5, 5.41) is 21.1. The van der Waals surface area contributed by atoms with Gasteiger partial charge in [-0.1, -0.05) is 30.1 Å². The number of anilines is 1. The molecule has 1 aromatic carbocycles. The number of halogens is 2. The van der Waals surface area contributed by atoms with Gasteiger partial charge in [0.1, 0.15) is 0 Å². The van der Waals surface area contributed by atoms with Gasteiger partial charge in [-0.25, -0.2) is 0 Å². The maximum absolute atomic E-state index is 10.7. The number of hydrogen-bond acceptors (Lipinski definition) is 4. The molecule has 1 fully saturated rings. The molecule has 18 heavy (non-hydrogen) atoms. The number of nitro benzene ring substituents is 1. The molecule has 0 bridgehead atoms. The molecule has 0 unspecified atom stereocenters. The fourth-order valence-corrected chi connectivity index (χ4v) is 2.72. The van der Waals surface area contributed by atoms with Crippen LogP contribution in [0.15, 0.2) is 12.1 Å². The van der Waals surface area contributed by atoms with Gasteiger partial charge in [-0.15, -0.1) is 0 Å². The highest BCUT2D eigenvalue weighted by Gasteiger charge is 2.41. The number of nitro groups is 1. The van der Waals surface area contributed by atoms with Crippen molar-refractivity contribution in [3.63, 3.8) is 0 Å². The minimum atomic E-state index is -0.714. The maximum atomic E-state index is 10.7. The van der Waals surface area contributed by atoms with Crippen molar-refractivity contribution < 1.29 is 10.0 Å². The highest BCUT2D eigenvalue weighted by atomic mass is 35.5. The molecule has 0 aliphatic carbocycles. The summed E-state index contributed by atoms with van der Waals surface area (Å²) < 4.78 is 0. The summed E-state index contributed by atoms with van der Waals surface area (Å²) in [4.78, 5) is 11.9. The van der Waals surface area contributed by atoms with Gasteiger partial charge in [0.25, 0.3) is 5.69 Å². The van der Waals surface area contributed by atoms with Gasteiger partial charge in [-0.2, -0.15) is 0 Å². The van der Waals surface area contributed by atoms with E-state index >= 15 is 0 Å². The Morgan fingerprint density at radius 2 is 1.94 bits per heavy atom. The van der Waals surface area contributed by atoms with Crippen LogP contribution in [0, 0.1) is 10.1 Å². The molecule has 1 heterocycles. The highest BCUT2D eigenvalue weighted by molar-refractivity contribution is 6.39. The molecular formula is C11H12Cl2N2O3. The monoisotopic (exact) mass is 290 g/mol. The van der Waals surface area contributed by atoms with E-state index in [1.165, 1.54) is 12.1 Å². The smallest absolute Gasteiger partial charge is 0.272 e. The Balaban J connectivity index is 2.28. The molecule has 1 aliphatic heterocycles. The molecule has 0 amide bonds. The van der Waals surface area contributed by atoms with Crippen molar-refractivity contribution in [2.75, 3.05) is 18.0 Å². The van der Waals surface area contributed by atoms with Gasteiger partial charge in [0.05, 0.1) is 26.3 Å². The lowest BCUT2D eigenvalue weighted by molar-refractivity contribution is -0.384. The fraction of sp³-hybridized carbons (Fsp3) is 0.455. The average molecular weight is 291 g/mol. The highest BCUT2D eigenvalue weighted by Crippen LogP contribution is 2.41. The Labute approximate surface area is 114 Å². The molecule has 0 spiro atoms. The topological polar surface area (TPSA) is 66.6 Å². The second kappa shape index (κ2) is 4.57. The van der Waals surface area contributed by atoms with Gasteiger partial charge in [0, 0.05) is 25.2 Å². The molecule has 0 saturated carbocycles. The molecule has 0 aromatic heterocycles. The number of aliphatic hydroxyl groups is 1. The summed E-state index contributed by atoms with van der Waals surface area (Å²) in [6.07, 6.45) is 0.645. The second-order valence-electron chi connectivity index (χ2n) is 4.45. The van der Waals surface area contributed by atoms with Crippen LogP contribution >= 0.6 is 23.2 Å². The van der Waals surface area contributed by atoms with Gasteiger partial charge in [-0.3, -0.25) is 10.1 Å². The number of nitrogens with zero attached hydrogens (tertiary/aromatic N) is 2. The van der Waals surface area contributed by atoms with E-state index in [1.54, 1.807) is 0 Å². The molecule has 7 heteroatoms. The second-order valence-corrected chi connectivity index (χ2v) is 5.26. The lowest BCUT2D eigenvalue weighted by Crippen LogP contribution is -2.61. The van der Waals surface area contributed by atoms with E-state index in [4.69, 9.17) is 23.2 Å². The summed E-state index contributed by atoms with van der Waals surface area (Å²) >= 11 is 12.0. The van der Waals surface area contributed by atoms with Gasteiger partial charge >= 0.3 is 0 Å². The Hall–Kier alpha value is -1.04. The van der Waals surface area contributed by atoms with Crippen molar-refractivity contribution in [1.82, 2.24) is 0 Å². The molecule has 1 aliphatic rings. The first kappa shape index (κ1) is 13.4. The van der Waals surface area contributed by atoms with Gasteiger partial charge < -0.3 is 10.0 Å². The third-order valence-corrected chi connectivity index (χ3v) is 3.73. The zero-order chi connectivity index (χ0) is 13.5. The molecule has 1 aromatic rings. The minimum absolute atomic E-state index is 0.139. The van der Waals surface area contributed by atoms with Crippen molar-refractivity contribution >= 4 is 34.6 Å². The van der Waals surface area contributed by atoms with E-state index in [-0.39, 0.29) is 15.7 Å². The van der Waals surface area contributed by atoms with Crippen LogP contribution in [0.1, 0.15) is 13.3 Å². The lowest BCUT2D eigenvalue weighted by Gasteiger charge is -2.48. The first-order chi connectivity index (χ1) is 8.36. The van der Waals surface area contributed by atoms with Crippen molar-refractivity contribution in [3.05, 3.63) is 32.3 Å². The van der Waals surface area contributed by atoms with Crippen molar-refractivity contribution in [3.8, 4) is 0 Å². The summed E-state index contributed by atoms with van der Waals surface area (Å²) in [5.74, 6) is 0. The molecule has 5 nitrogen and oxygen atoms in total. The van der Waals surface area contributed by atoms with Crippen LogP contribution in [0.5, 0.6) is 0 Å². The first-order valence-electron chi connectivity index (χ1n) is 5.47. The Bertz CT molecular complexity index is 478. The molecular weight excluding hydrogens is 279 g/mol. The summed E-state index contributed by atoms with van der Waals surface area (Å²) in [5.41, 5.74) is -0.309. The van der Waals surface area contributed by atoms with Crippen LogP contribution in [0.4, 0.5) is 11.4 Å². The largest absolute Gasteiger partial charge is 0.386 e. The molecule has 0 radical (unpaired) electrons. The van der Waals surface area contributed by atoms with Gasteiger partial charge in [0.15, 0.2) is 0 Å². The summed E-state index contributed by atoms with van der Waals surface area (Å²) in [6.45, 7) is 2.76. The molecule has 2 rings (SSSR count). The van der Waals surface area contributed by atoms with Crippen LogP contribution in [-0.2, 0) is 0 Å². The summed E-state index contributed by atoms with van der Waals surface area (Å²) in [7, 11) is 0. The number of hydrogen-bond donors (Lipinski definition) is 1. The van der Waals surface area contributed by atoms with Gasteiger partial charge in [0.2, 0.25) is 0 Å². The minimum Gasteiger partial charge on any atom is -0.386 e. The first-order valence-corrected chi connectivity index (χ1v) is 6.22. The molecule has 98 valence electrons. The lowest BCUT2D eigenvalue weighted by atomic mass is 9.91. The standard InChI is InChI=1S/C11H12Cl2N2O3/c1-2-11(16)5-14(6-11)10-8(12)3-7(15(17)18)4-9(10)13/h3-4,16H,2,5-6H2,1H3. The van der Waals surface area contributed by atoms with Crippen LogP contribution < -0.4 is 4.90 Å². The van der Waals surface area contributed by atoms with Crippen molar-refractivity contribution in [2.45, 2.75) is 18.9 Å². The molecule has 1 N–H and O–H groups in total. The number of non-ortho nitro benzene ring substituents is 1. The SMILES string of the molecule is CCC1(O)CN(c2c(Cl)cc([N+](=O)[O-])cc2Cl)C1. The fourth-order valence-electron chi connectivity index (χ4n) is 2.01. The van der Waals surface area contributed by atoms with E-state index in [9.17, 15) is 15.2 Å². The number of benzene rings is 1. The van der Waals surface area contributed by atoms with Crippen LogP contribution in [-0.4, -0.2) is 28.7 Å². The van der Waals surface area contributed by atoms with E-state index in [2.05, 4.69) is 0 Å². The molecule has 0 atom stereocenters. The van der Waals surface area contributed by atoms with Crippen molar-refractivity contribution in [1.29, 1.82) is 0 Å². The van der Waals surface area contributed by atoms with Crippen LogP contribution in [0.2, 0.25) is 10.0 Å². The quantitative estimate of drug-likeness (QED) is 0.687. The van der Waals surface area contributed by atoms with Crippen molar-refractivity contribution in [2.24, 2.45) is 0 Å². The Morgan fingerprint density at radius 1 is 1.44 bits per heavy atom. The Kier molecular flexibility index (Phi) is 3.40.